The molecule has 0 spiro atoms. The van der Waals surface area contributed by atoms with Crippen LogP contribution in [0.15, 0.2) is 23.8 Å². The van der Waals surface area contributed by atoms with Crippen molar-refractivity contribution in [3.05, 3.63) is 23.8 Å². The Morgan fingerprint density at radius 1 is 1.47 bits per heavy atom. The van der Waals surface area contributed by atoms with E-state index in [9.17, 15) is 9.18 Å². The summed E-state index contributed by atoms with van der Waals surface area (Å²) in [5, 5.41) is 0. The molecule has 86 valence electrons. The number of carbonyl (C=O) groups is 1. The molecule has 0 N–H and O–H groups in total. The second kappa shape index (κ2) is 8.21. The summed E-state index contributed by atoms with van der Waals surface area (Å²) in [6, 6.07) is 0. The van der Waals surface area contributed by atoms with Crippen LogP contribution in [0.4, 0.5) is 4.39 Å². The molecule has 0 aromatic carbocycles. The minimum absolute atomic E-state index is 0.118. The average molecular weight is 214 g/mol. The minimum atomic E-state index is -1.02. The summed E-state index contributed by atoms with van der Waals surface area (Å²) in [5.74, 6) is -0.440. The van der Waals surface area contributed by atoms with Crippen LogP contribution < -0.4 is 0 Å². The summed E-state index contributed by atoms with van der Waals surface area (Å²) in [7, 11) is 1.31. The average Bonchev–Trinajstić information content (AvgIpc) is 2.21. The van der Waals surface area contributed by atoms with Crippen LogP contribution in [-0.2, 0) is 9.53 Å². The topological polar surface area (TPSA) is 26.3 Å². The molecule has 0 aliphatic heterocycles. The first-order valence-corrected chi connectivity index (χ1v) is 5.18. The van der Waals surface area contributed by atoms with Crippen molar-refractivity contribution in [3.8, 4) is 0 Å². The molecule has 0 amide bonds. The van der Waals surface area contributed by atoms with Gasteiger partial charge in [0.25, 0.3) is 0 Å². The fourth-order valence-electron chi connectivity index (χ4n) is 1.16. The molecule has 0 fully saturated rings. The third-order valence-electron chi connectivity index (χ3n) is 1.85. The van der Waals surface area contributed by atoms with Crippen molar-refractivity contribution in [1.82, 2.24) is 0 Å². The van der Waals surface area contributed by atoms with Gasteiger partial charge in [0.05, 0.1) is 7.11 Å². The van der Waals surface area contributed by atoms with Gasteiger partial charge in [0, 0.05) is 12.0 Å². The number of methoxy groups -OCH3 is 1. The number of carbonyl (C=O) groups excluding carboxylic acids is 1. The van der Waals surface area contributed by atoms with E-state index in [1.165, 1.54) is 14.0 Å². The van der Waals surface area contributed by atoms with Gasteiger partial charge in [0.1, 0.15) is 6.17 Å². The largest absolute Gasteiger partial charge is 0.466 e. The predicted octanol–water partition coefficient (Wildman–Crippen LogP) is 3.19. The Balaban J connectivity index is 4.34. The zero-order valence-corrected chi connectivity index (χ0v) is 9.63. The highest BCUT2D eigenvalue weighted by Gasteiger charge is 2.12. The number of alkyl halides is 1. The standard InChI is InChI=1S/C12H19FO2/c1-4-5-6-7-8-11(9-10(2)13)12(14)15-3/h5-6,8,10H,4,7,9H2,1-3H3/b6-5+,11-8-/t10-/m1/s1. The molecule has 0 saturated heterocycles. The van der Waals surface area contributed by atoms with Gasteiger partial charge in [-0.05, 0) is 19.8 Å². The molecule has 0 aromatic heterocycles. The normalized spacial score (nSPS) is 14.3. The van der Waals surface area contributed by atoms with Crippen LogP contribution >= 0.6 is 0 Å². The summed E-state index contributed by atoms with van der Waals surface area (Å²) in [5.41, 5.74) is 0.410. The summed E-state index contributed by atoms with van der Waals surface area (Å²) in [6.45, 7) is 3.46. The lowest BCUT2D eigenvalue weighted by Gasteiger charge is -2.05. The van der Waals surface area contributed by atoms with Gasteiger partial charge in [-0.25, -0.2) is 9.18 Å². The molecule has 0 saturated carbocycles. The van der Waals surface area contributed by atoms with Gasteiger partial charge < -0.3 is 4.74 Å². The Kier molecular flexibility index (Phi) is 7.60. The molecule has 0 aromatic rings. The first-order valence-electron chi connectivity index (χ1n) is 5.18. The van der Waals surface area contributed by atoms with Crippen LogP contribution in [0.3, 0.4) is 0 Å². The van der Waals surface area contributed by atoms with E-state index in [1.54, 1.807) is 6.08 Å². The molecule has 0 aliphatic carbocycles. The van der Waals surface area contributed by atoms with E-state index in [0.29, 0.717) is 12.0 Å². The molecular formula is C12H19FO2. The third-order valence-corrected chi connectivity index (χ3v) is 1.85. The summed E-state index contributed by atoms with van der Waals surface area (Å²) >= 11 is 0. The van der Waals surface area contributed by atoms with Crippen LogP contribution in [0.1, 0.15) is 33.1 Å². The van der Waals surface area contributed by atoms with Gasteiger partial charge in [-0.2, -0.15) is 0 Å². The Labute approximate surface area is 90.8 Å². The Hall–Kier alpha value is -1.12. The number of halogens is 1. The monoisotopic (exact) mass is 214 g/mol. The smallest absolute Gasteiger partial charge is 0.333 e. The Bertz CT molecular complexity index is 242. The van der Waals surface area contributed by atoms with Crippen molar-refractivity contribution < 1.29 is 13.9 Å². The van der Waals surface area contributed by atoms with Crippen LogP contribution in [0.5, 0.6) is 0 Å². The highest BCUT2D eigenvalue weighted by molar-refractivity contribution is 5.88. The molecule has 0 heterocycles. The maximum absolute atomic E-state index is 12.8. The van der Waals surface area contributed by atoms with Crippen molar-refractivity contribution in [1.29, 1.82) is 0 Å². The van der Waals surface area contributed by atoms with Crippen LogP contribution in [0.25, 0.3) is 0 Å². The van der Waals surface area contributed by atoms with Crippen LogP contribution in [-0.4, -0.2) is 19.3 Å². The van der Waals surface area contributed by atoms with Crippen molar-refractivity contribution in [3.63, 3.8) is 0 Å². The lowest BCUT2D eigenvalue weighted by atomic mass is 10.1. The number of rotatable bonds is 6. The SMILES string of the molecule is CC/C=C/C/C=C(/C[C@@H](C)F)C(=O)OC. The van der Waals surface area contributed by atoms with E-state index in [0.717, 1.165) is 6.42 Å². The predicted molar refractivity (Wildman–Crippen MR) is 59.3 cm³/mol. The second-order valence-electron chi connectivity index (χ2n) is 3.32. The lowest BCUT2D eigenvalue weighted by molar-refractivity contribution is -0.136. The van der Waals surface area contributed by atoms with E-state index < -0.39 is 12.1 Å². The summed E-state index contributed by atoms with van der Waals surface area (Å²) in [6.07, 6.45) is 6.37. The second-order valence-corrected chi connectivity index (χ2v) is 3.32. The molecule has 0 bridgehead atoms. The van der Waals surface area contributed by atoms with Crippen molar-refractivity contribution in [2.24, 2.45) is 0 Å². The van der Waals surface area contributed by atoms with Crippen molar-refractivity contribution >= 4 is 5.97 Å². The molecular weight excluding hydrogens is 195 g/mol. The van der Waals surface area contributed by atoms with Crippen LogP contribution in [0.2, 0.25) is 0 Å². The van der Waals surface area contributed by atoms with Crippen molar-refractivity contribution in [2.45, 2.75) is 39.3 Å². The number of esters is 1. The Morgan fingerprint density at radius 2 is 2.13 bits per heavy atom. The van der Waals surface area contributed by atoms with Gasteiger partial charge >= 0.3 is 5.97 Å². The van der Waals surface area contributed by atoms with Gasteiger partial charge in [0.2, 0.25) is 0 Å². The third kappa shape index (κ3) is 6.89. The van der Waals surface area contributed by atoms with Crippen molar-refractivity contribution in [2.75, 3.05) is 7.11 Å². The number of ether oxygens (including phenoxy) is 1. The first kappa shape index (κ1) is 13.9. The lowest BCUT2D eigenvalue weighted by Crippen LogP contribution is -2.08. The van der Waals surface area contributed by atoms with Gasteiger partial charge in [-0.15, -0.1) is 0 Å². The van der Waals surface area contributed by atoms with Gasteiger partial charge in [-0.1, -0.05) is 25.2 Å². The highest BCUT2D eigenvalue weighted by atomic mass is 19.1. The molecule has 0 aliphatic rings. The molecule has 0 unspecified atom stereocenters. The molecule has 0 radical (unpaired) electrons. The Morgan fingerprint density at radius 3 is 2.60 bits per heavy atom. The number of hydrogen-bond donors (Lipinski definition) is 0. The maximum Gasteiger partial charge on any atom is 0.333 e. The molecule has 0 rings (SSSR count). The highest BCUT2D eigenvalue weighted by Crippen LogP contribution is 2.11. The van der Waals surface area contributed by atoms with Gasteiger partial charge in [0.15, 0.2) is 0 Å². The summed E-state index contributed by atoms with van der Waals surface area (Å²) < 4.78 is 17.3. The molecule has 1 atom stereocenters. The van der Waals surface area contributed by atoms with E-state index in [1.807, 2.05) is 19.1 Å². The quantitative estimate of drug-likeness (QED) is 0.385. The van der Waals surface area contributed by atoms with E-state index >= 15 is 0 Å². The zero-order valence-electron chi connectivity index (χ0n) is 9.63. The minimum Gasteiger partial charge on any atom is -0.466 e. The maximum atomic E-state index is 12.8. The molecule has 15 heavy (non-hydrogen) atoms. The van der Waals surface area contributed by atoms with Crippen LogP contribution in [0, 0.1) is 0 Å². The molecule has 3 heteroatoms. The number of allylic oxidation sites excluding steroid dienone is 3. The zero-order chi connectivity index (χ0) is 11.7. The summed E-state index contributed by atoms with van der Waals surface area (Å²) in [4.78, 5) is 11.2. The van der Waals surface area contributed by atoms with E-state index in [2.05, 4.69) is 4.74 Å². The fraction of sp³-hybridized carbons (Fsp3) is 0.583. The first-order chi connectivity index (χ1) is 7.11. The number of hydrogen-bond acceptors (Lipinski definition) is 2. The fourth-order valence-corrected chi connectivity index (χ4v) is 1.16. The van der Waals surface area contributed by atoms with E-state index in [-0.39, 0.29) is 6.42 Å². The van der Waals surface area contributed by atoms with Gasteiger partial charge in [-0.3, -0.25) is 0 Å². The van der Waals surface area contributed by atoms with E-state index in [4.69, 9.17) is 0 Å². The molecule has 2 nitrogen and oxygen atoms in total.